The van der Waals surface area contributed by atoms with E-state index in [1.165, 1.54) is 24.3 Å². The molecule has 0 saturated heterocycles. The molecule has 0 fully saturated rings. The molecule has 2 N–H and O–H groups in total. The van der Waals surface area contributed by atoms with Crippen molar-refractivity contribution in [3.8, 4) is 5.75 Å². The van der Waals surface area contributed by atoms with Crippen LogP contribution in [0.15, 0.2) is 82.6 Å². The van der Waals surface area contributed by atoms with Gasteiger partial charge in [-0.15, -0.1) is 0 Å². The predicted molar refractivity (Wildman–Crippen MR) is 123 cm³/mol. The third kappa shape index (κ3) is 5.66. The van der Waals surface area contributed by atoms with Crippen LogP contribution in [0.25, 0.3) is 0 Å². The van der Waals surface area contributed by atoms with Crippen LogP contribution in [0.2, 0.25) is 0 Å². The number of sulfone groups is 1. The van der Waals surface area contributed by atoms with Crippen LogP contribution in [0.4, 0.5) is 11.4 Å². The highest BCUT2D eigenvalue weighted by Gasteiger charge is 2.24. The zero-order chi connectivity index (χ0) is 24.0. The van der Waals surface area contributed by atoms with E-state index in [0.717, 1.165) is 11.6 Å². The van der Waals surface area contributed by atoms with Crippen LogP contribution >= 0.6 is 0 Å². The molecule has 1 atom stereocenters. The predicted octanol–water partition coefficient (Wildman–Crippen LogP) is 3.73. The Morgan fingerprint density at radius 1 is 1.06 bits per heavy atom. The summed E-state index contributed by atoms with van der Waals surface area (Å²) < 4.78 is 31.4. The summed E-state index contributed by atoms with van der Waals surface area (Å²) in [4.78, 5) is 22.7. The molecule has 3 aromatic rings. The molecule has 0 spiro atoms. The van der Waals surface area contributed by atoms with E-state index in [0.29, 0.717) is 5.75 Å². The minimum absolute atomic E-state index is 0.00822. The van der Waals surface area contributed by atoms with Crippen molar-refractivity contribution in [2.24, 2.45) is 0 Å². The Bertz CT molecular complexity index is 1240. The smallest absolute Gasteiger partial charge is 0.270 e. The van der Waals surface area contributed by atoms with Gasteiger partial charge in [-0.1, -0.05) is 30.3 Å². The molecule has 0 aliphatic heterocycles. The third-order valence-corrected chi connectivity index (χ3v) is 6.76. The largest absolute Gasteiger partial charge is 0.497 e. The van der Waals surface area contributed by atoms with E-state index < -0.39 is 14.8 Å². The molecule has 0 aliphatic carbocycles. The molecule has 1 unspecified atom stereocenters. The number of hydrogen-bond acceptors (Lipinski definition) is 7. The summed E-state index contributed by atoms with van der Waals surface area (Å²) in [5, 5.41) is 16.8. The van der Waals surface area contributed by atoms with Crippen molar-refractivity contribution in [2.75, 3.05) is 19.0 Å². The number of nitro groups is 1. The summed E-state index contributed by atoms with van der Waals surface area (Å²) in [5.41, 5.74) is 0.594. The average molecular weight is 470 g/mol. The number of rotatable bonds is 9. The zero-order valence-corrected chi connectivity index (χ0v) is 18.8. The molecule has 0 saturated carbocycles. The molecule has 172 valence electrons. The minimum atomic E-state index is -4.06. The van der Waals surface area contributed by atoms with Crippen LogP contribution < -0.4 is 15.4 Å². The molecule has 10 heteroatoms. The maximum atomic E-state index is 13.1. The summed E-state index contributed by atoms with van der Waals surface area (Å²) in [6.07, 6.45) is 0. The molecule has 0 aromatic heterocycles. The van der Waals surface area contributed by atoms with E-state index >= 15 is 0 Å². The van der Waals surface area contributed by atoms with Gasteiger partial charge in [-0.2, -0.15) is 0 Å². The van der Waals surface area contributed by atoms with Gasteiger partial charge in [0.15, 0.2) is 0 Å². The summed E-state index contributed by atoms with van der Waals surface area (Å²) in [6, 6.07) is 18.0. The number of methoxy groups -OCH3 is 1. The van der Waals surface area contributed by atoms with E-state index in [-0.39, 0.29) is 39.7 Å². The molecule has 0 bridgehead atoms. The Morgan fingerprint density at radius 2 is 1.73 bits per heavy atom. The Hall–Kier alpha value is -3.92. The summed E-state index contributed by atoms with van der Waals surface area (Å²) >= 11 is 0. The number of carbonyl (C=O) groups excluding carboxylic acids is 1. The molecule has 33 heavy (non-hydrogen) atoms. The third-order valence-electron chi connectivity index (χ3n) is 4.95. The van der Waals surface area contributed by atoms with Gasteiger partial charge in [0.1, 0.15) is 10.6 Å². The lowest BCUT2D eigenvalue weighted by Gasteiger charge is -2.16. The number of benzene rings is 3. The Kier molecular flexibility index (Phi) is 7.29. The Balaban J connectivity index is 1.78. The fraction of sp³-hybridized carbons (Fsp3) is 0.174. The lowest BCUT2D eigenvalue weighted by atomic mass is 10.1. The van der Waals surface area contributed by atoms with E-state index in [4.69, 9.17) is 4.74 Å². The van der Waals surface area contributed by atoms with Crippen LogP contribution in [0, 0.1) is 10.1 Å². The standard InChI is InChI=1S/C23H23N3O6S/c1-16(17-8-11-19(32-2)12-9-17)25-23(27)15-24-21-13-10-18(26(28)29)14-22(21)33(30,31)20-6-4-3-5-7-20/h3-14,16,24H,15H2,1-2H3,(H,25,27). The Labute approximate surface area is 191 Å². The fourth-order valence-electron chi connectivity index (χ4n) is 3.16. The molecular weight excluding hydrogens is 446 g/mol. The van der Waals surface area contributed by atoms with Crippen molar-refractivity contribution < 1.29 is 22.9 Å². The number of carbonyl (C=O) groups is 1. The van der Waals surface area contributed by atoms with Crippen LogP contribution in [0.3, 0.4) is 0 Å². The molecule has 0 aliphatic rings. The number of nitro benzene ring substituents is 1. The summed E-state index contributed by atoms with van der Waals surface area (Å²) in [7, 11) is -2.49. The lowest BCUT2D eigenvalue weighted by Crippen LogP contribution is -2.32. The minimum Gasteiger partial charge on any atom is -0.497 e. The zero-order valence-electron chi connectivity index (χ0n) is 18.0. The van der Waals surface area contributed by atoms with Crippen LogP contribution in [0.1, 0.15) is 18.5 Å². The summed E-state index contributed by atoms with van der Waals surface area (Å²) in [6.45, 7) is 1.59. The number of nitrogens with zero attached hydrogens (tertiary/aromatic N) is 1. The van der Waals surface area contributed by atoms with E-state index in [2.05, 4.69) is 10.6 Å². The van der Waals surface area contributed by atoms with Gasteiger partial charge in [0, 0.05) is 12.1 Å². The molecule has 0 radical (unpaired) electrons. The van der Waals surface area contributed by atoms with Crippen molar-refractivity contribution in [1.82, 2.24) is 5.32 Å². The fourth-order valence-corrected chi connectivity index (χ4v) is 4.64. The van der Waals surface area contributed by atoms with Gasteiger partial charge >= 0.3 is 0 Å². The molecule has 3 rings (SSSR count). The second kappa shape index (κ2) is 10.1. The van der Waals surface area contributed by atoms with Crippen LogP contribution in [-0.2, 0) is 14.6 Å². The van der Waals surface area contributed by atoms with Crippen molar-refractivity contribution in [1.29, 1.82) is 0 Å². The molecule has 3 aromatic carbocycles. The second-order valence-corrected chi connectivity index (χ2v) is 9.09. The Morgan fingerprint density at radius 3 is 2.33 bits per heavy atom. The van der Waals surface area contributed by atoms with E-state index in [1.807, 2.05) is 19.1 Å². The van der Waals surface area contributed by atoms with Gasteiger partial charge in [-0.3, -0.25) is 14.9 Å². The van der Waals surface area contributed by atoms with E-state index in [9.17, 15) is 23.3 Å². The monoisotopic (exact) mass is 469 g/mol. The number of hydrogen-bond donors (Lipinski definition) is 2. The van der Waals surface area contributed by atoms with Crippen molar-refractivity contribution in [3.63, 3.8) is 0 Å². The highest BCUT2D eigenvalue weighted by atomic mass is 32.2. The normalized spacial score (nSPS) is 11.9. The van der Waals surface area contributed by atoms with Crippen molar-refractivity contribution in [2.45, 2.75) is 22.8 Å². The van der Waals surface area contributed by atoms with Crippen LogP contribution in [0.5, 0.6) is 5.75 Å². The quantitative estimate of drug-likeness (QED) is 0.361. The number of ether oxygens (including phenoxy) is 1. The molecule has 0 heterocycles. The van der Waals surface area contributed by atoms with Crippen LogP contribution in [-0.4, -0.2) is 32.9 Å². The second-order valence-electron chi connectivity index (χ2n) is 7.17. The average Bonchev–Trinajstić information content (AvgIpc) is 2.83. The number of amides is 1. The van der Waals surface area contributed by atoms with Crippen molar-refractivity contribution >= 4 is 27.1 Å². The molecule has 1 amide bonds. The summed E-state index contributed by atoms with van der Waals surface area (Å²) in [5.74, 6) is 0.323. The first-order valence-corrected chi connectivity index (χ1v) is 11.5. The maximum Gasteiger partial charge on any atom is 0.270 e. The molecule has 9 nitrogen and oxygen atoms in total. The first kappa shape index (κ1) is 23.7. The van der Waals surface area contributed by atoms with Gasteiger partial charge < -0.3 is 15.4 Å². The van der Waals surface area contributed by atoms with Gasteiger partial charge in [0.05, 0.1) is 35.2 Å². The number of nitrogens with one attached hydrogen (secondary N) is 2. The first-order chi connectivity index (χ1) is 15.7. The lowest BCUT2D eigenvalue weighted by molar-refractivity contribution is -0.385. The highest BCUT2D eigenvalue weighted by molar-refractivity contribution is 7.91. The number of anilines is 1. The van der Waals surface area contributed by atoms with Crippen molar-refractivity contribution in [3.05, 3.63) is 88.5 Å². The van der Waals surface area contributed by atoms with Gasteiger partial charge in [0.2, 0.25) is 15.7 Å². The SMILES string of the molecule is COc1ccc(C(C)NC(=O)CNc2ccc([N+](=O)[O-])cc2S(=O)(=O)c2ccccc2)cc1. The van der Waals surface area contributed by atoms with Gasteiger partial charge in [0.25, 0.3) is 5.69 Å². The van der Waals surface area contributed by atoms with E-state index in [1.54, 1.807) is 37.4 Å². The van der Waals surface area contributed by atoms with Gasteiger partial charge in [-0.05, 0) is 42.8 Å². The number of non-ortho nitro benzene ring substituents is 1. The van der Waals surface area contributed by atoms with Gasteiger partial charge in [-0.25, -0.2) is 8.42 Å². The topological polar surface area (TPSA) is 128 Å². The highest BCUT2D eigenvalue weighted by Crippen LogP contribution is 2.31. The first-order valence-electron chi connectivity index (χ1n) is 9.98. The maximum absolute atomic E-state index is 13.1. The molecular formula is C23H23N3O6S.